The van der Waals surface area contributed by atoms with Gasteiger partial charge in [-0.3, -0.25) is 0 Å². The monoisotopic (exact) mass is 257 g/mol. The van der Waals surface area contributed by atoms with Gasteiger partial charge in [0.15, 0.2) is 0 Å². The van der Waals surface area contributed by atoms with E-state index in [1.165, 1.54) is 38.5 Å². The summed E-state index contributed by atoms with van der Waals surface area (Å²) < 4.78 is 0. The van der Waals surface area contributed by atoms with Crippen molar-refractivity contribution in [3.63, 3.8) is 0 Å². The number of phenolic OH excluding ortho intramolecular Hbond substituents is 1. The minimum Gasteiger partial charge on any atom is -0.508 e. The molecule has 102 valence electrons. The van der Waals surface area contributed by atoms with Gasteiger partial charge < -0.3 is 10.8 Å². The van der Waals surface area contributed by atoms with Crippen LogP contribution in [0.15, 0.2) is 18.2 Å². The fraction of sp³-hybridized carbons (Fsp3) is 0.647. The van der Waals surface area contributed by atoms with Crippen molar-refractivity contribution in [3.05, 3.63) is 23.8 Å². The molecule has 0 aliphatic heterocycles. The molecule has 3 N–H and O–H groups in total. The molecule has 5 rings (SSSR count). The average molecular weight is 257 g/mol. The maximum Gasteiger partial charge on any atom is 0.118 e. The lowest BCUT2D eigenvalue weighted by Gasteiger charge is -2.57. The SMILES string of the molecule is Nc1ccc(O)c(CC23CC4CC(CC(C4)C2)C3)c1. The van der Waals surface area contributed by atoms with Gasteiger partial charge in [0, 0.05) is 5.69 Å². The Hall–Kier alpha value is -1.18. The minimum absolute atomic E-state index is 0.435. The van der Waals surface area contributed by atoms with Crippen LogP contribution < -0.4 is 5.73 Å². The molecule has 4 saturated carbocycles. The van der Waals surface area contributed by atoms with Gasteiger partial charge in [-0.05, 0) is 91.9 Å². The highest BCUT2D eigenvalue weighted by Crippen LogP contribution is 2.61. The molecule has 0 amide bonds. The highest BCUT2D eigenvalue weighted by Gasteiger charge is 2.50. The fourth-order valence-corrected chi connectivity index (χ4v) is 5.66. The molecule has 4 bridgehead atoms. The van der Waals surface area contributed by atoms with Crippen LogP contribution in [0, 0.1) is 23.2 Å². The van der Waals surface area contributed by atoms with E-state index in [-0.39, 0.29) is 0 Å². The molecule has 1 aromatic rings. The summed E-state index contributed by atoms with van der Waals surface area (Å²) in [4.78, 5) is 0. The van der Waals surface area contributed by atoms with Crippen molar-refractivity contribution >= 4 is 5.69 Å². The van der Waals surface area contributed by atoms with Crippen LogP contribution in [-0.2, 0) is 6.42 Å². The van der Waals surface area contributed by atoms with Crippen LogP contribution in [0.4, 0.5) is 5.69 Å². The van der Waals surface area contributed by atoms with E-state index < -0.39 is 0 Å². The Morgan fingerprint density at radius 3 is 2.21 bits per heavy atom. The van der Waals surface area contributed by atoms with Crippen LogP contribution in [0.5, 0.6) is 5.75 Å². The van der Waals surface area contributed by atoms with E-state index in [0.29, 0.717) is 11.2 Å². The Labute approximate surface area is 115 Å². The lowest BCUT2D eigenvalue weighted by atomic mass is 9.48. The first kappa shape index (κ1) is 11.6. The molecule has 19 heavy (non-hydrogen) atoms. The third-order valence-corrected chi connectivity index (χ3v) is 5.83. The van der Waals surface area contributed by atoms with E-state index in [9.17, 15) is 5.11 Å². The average Bonchev–Trinajstić information content (AvgIpc) is 2.31. The van der Waals surface area contributed by atoms with Crippen LogP contribution >= 0.6 is 0 Å². The summed E-state index contributed by atoms with van der Waals surface area (Å²) in [5.41, 5.74) is 8.20. The van der Waals surface area contributed by atoms with Gasteiger partial charge in [0.1, 0.15) is 5.75 Å². The highest BCUT2D eigenvalue weighted by atomic mass is 16.3. The van der Waals surface area contributed by atoms with Crippen molar-refractivity contribution in [2.24, 2.45) is 23.2 Å². The van der Waals surface area contributed by atoms with E-state index in [0.717, 1.165) is 35.4 Å². The number of phenols is 1. The first-order valence-corrected chi connectivity index (χ1v) is 7.69. The van der Waals surface area contributed by atoms with Gasteiger partial charge in [-0.2, -0.15) is 0 Å². The molecule has 0 heterocycles. The smallest absolute Gasteiger partial charge is 0.118 e. The van der Waals surface area contributed by atoms with Crippen molar-refractivity contribution in [3.8, 4) is 5.75 Å². The molecule has 2 heteroatoms. The van der Waals surface area contributed by atoms with Gasteiger partial charge >= 0.3 is 0 Å². The minimum atomic E-state index is 0.435. The molecular formula is C17H23NO. The zero-order valence-corrected chi connectivity index (χ0v) is 11.4. The van der Waals surface area contributed by atoms with Crippen molar-refractivity contribution in [2.75, 3.05) is 5.73 Å². The van der Waals surface area contributed by atoms with Gasteiger partial charge in [0.2, 0.25) is 0 Å². The van der Waals surface area contributed by atoms with Crippen molar-refractivity contribution < 1.29 is 5.11 Å². The van der Waals surface area contributed by atoms with Gasteiger partial charge in [-0.15, -0.1) is 0 Å². The molecular weight excluding hydrogens is 234 g/mol. The molecule has 0 atom stereocenters. The molecule has 0 aromatic heterocycles. The van der Waals surface area contributed by atoms with E-state index in [1.54, 1.807) is 12.1 Å². The summed E-state index contributed by atoms with van der Waals surface area (Å²) in [5.74, 6) is 3.34. The van der Waals surface area contributed by atoms with Gasteiger partial charge in [0.05, 0.1) is 0 Å². The molecule has 0 spiro atoms. The largest absolute Gasteiger partial charge is 0.508 e. The number of nitrogen functional groups attached to an aromatic ring is 1. The first-order valence-electron chi connectivity index (χ1n) is 7.69. The molecule has 0 radical (unpaired) electrons. The Morgan fingerprint density at radius 2 is 1.63 bits per heavy atom. The van der Waals surface area contributed by atoms with Crippen LogP contribution in [0.3, 0.4) is 0 Å². The number of aromatic hydroxyl groups is 1. The van der Waals surface area contributed by atoms with E-state index in [2.05, 4.69) is 0 Å². The van der Waals surface area contributed by atoms with Crippen molar-refractivity contribution in [1.82, 2.24) is 0 Å². The Balaban J connectivity index is 1.64. The van der Waals surface area contributed by atoms with Crippen LogP contribution in [-0.4, -0.2) is 5.11 Å². The summed E-state index contributed by atoms with van der Waals surface area (Å²) in [6.07, 6.45) is 9.60. The number of nitrogens with two attached hydrogens (primary N) is 1. The van der Waals surface area contributed by atoms with E-state index in [1.807, 2.05) is 6.07 Å². The van der Waals surface area contributed by atoms with Gasteiger partial charge in [0.25, 0.3) is 0 Å². The van der Waals surface area contributed by atoms with Crippen molar-refractivity contribution in [2.45, 2.75) is 44.9 Å². The Bertz CT molecular complexity index is 473. The first-order chi connectivity index (χ1) is 9.12. The quantitative estimate of drug-likeness (QED) is 0.626. The third-order valence-electron chi connectivity index (χ3n) is 5.83. The van der Waals surface area contributed by atoms with Crippen LogP contribution in [0.25, 0.3) is 0 Å². The maximum absolute atomic E-state index is 10.1. The molecule has 0 unspecified atom stereocenters. The Kier molecular flexibility index (Phi) is 2.39. The normalized spacial score (nSPS) is 39.7. The summed E-state index contributed by atoms with van der Waals surface area (Å²) in [7, 11) is 0. The van der Waals surface area contributed by atoms with E-state index in [4.69, 9.17) is 5.73 Å². The fourth-order valence-electron chi connectivity index (χ4n) is 5.66. The Morgan fingerprint density at radius 1 is 1.05 bits per heavy atom. The second-order valence-corrected chi connectivity index (χ2v) is 7.48. The summed E-state index contributed by atoms with van der Waals surface area (Å²) in [6.45, 7) is 0. The molecule has 0 saturated heterocycles. The molecule has 4 fully saturated rings. The van der Waals surface area contributed by atoms with Crippen molar-refractivity contribution in [1.29, 1.82) is 0 Å². The zero-order valence-electron chi connectivity index (χ0n) is 11.4. The number of hydrogen-bond donors (Lipinski definition) is 2. The second-order valence-electron chi connectivity index (χ2n) is 7.48. The van der Waals surface area contributed by atoms with Crippen LogP contribution in [0.2, 0.25) is 0 Å². The number of anilines is 1. The lowest BCUT2D eigenvalue weighted by molar-refractivity contribution is -0.0523. The highest BCUT2D eigenvalue weighted by molar-refractivity contribution is 5.47. The topological polar surface area (TPSA) is 46.2 Å². The van der Waals surface area contributed by atoms with Gasteiger partial charge in [-0.25, -0.2) is 0 Å². The van der Waals surface area contributed by atoms with E-state index >= 15 is 0 Å². The summed E-state index contributed by atoms with van der Waals surface area (Å²) in [5, 5.41) is 10.1. The predicted octanol–water partition coefficient (Wildman–Crippen LogP) is 3.73. The van der Waals surface area contributed by atoms with Crippen LogP contribution in [0.1, 0.15) is 44.1 Å². The predicted molar refractivity (Wildman–Crippen MR) is 76.8 cm³/mol. The zero-order chi connectivity index (χ0) is 13.0. The molecule has 1 aromatic carbocycles. The molecule has 4 aliphatic rings. The summed E-state index contributed by atoms with van der Waals surface area (Å²) >= 11 is 0. The number of benzene rings is 1. The lowest BCUT2D eigenvalue weighted by Crippen LogP contribution is -2.47. The molecule has 4 aliphatic carbocycles. The summed E-state index contributed by atoms with van der Waals surface area (Å²) in [6, 6.07) is 5.53. The van der Waals surface area contributed by atoms with Gasteiger partial charge in [-0.1, -0.05) is 0 Å². The maximum atomic E-state index is 10.1. The molecule has 2 nitrogen and oxygen atoms in total. The standard InChI is InChI=1S/C17H23NO/c18-15-1-2-16(19)14(6-15)10-17-7-11-3-12(8-17)5-13(4-11)9-17/h1-2,6,11-13,19H,3-5,7-10,18H2. The number of rotatable bonds is 2. The third kappa shape index (κ3) is 1.92. The number of hydrogen-bond acceptors (Lipinski definition) is 2. The second kappa shape index (κ2) is 3.91.